The van der Waals surface area contributed by atoms with Crippen LogP contribution in [-0.4, -0.2) is 41.7 Å². The molecule has 1 saturated heterocycles. The largest absolute Gasteiger partial charge is 0.378 e. The molecule has 0 unspecified atom stereocenters. The molecule has 1 aliphatic rings. The summed E-state index contributed by atoms with van der Waals surface area (Å²) in [6.45, 7) is 3.41. The van der Waals surface area contributed by atoms with Crippen LogP contribution in [0.5, 0.6) is 0 Å². The molecule has 2 rings (SSSR count). The zero-order valence-corrected chi connectivity index (χ0v) is 11.7. The van der Waals surface area contributed by atoms with Crippen LogP contribution >= 0.6 is 23.2 Å². The number of hydrogen-bond donors (Lipinski definition) is 1. The standard InChI is InChI=1S/C11H16Cl2N4O/c1-16-8(6-9(12)10(16)13)7-15-11(14)17-2-4-18-5-3-17/h6H,2-5,7H2,1H3,(H2,14,15). The van der Waals surface area contributed by atoms with Gasteiger partial charge in [0.05, 0.1) is 24.8 Å². The van der Waals surface area contributed by atoms with Crippen LogP contribution in [0.2, 0.25) is 10.2 Å². The average molecular weight is 291 g/mol. The van der Waals surface area contributed by atoms with E-state index in [1.165, 1.54) is 0 Å². The number of morpholine rings is 1. The molecule has 0 bridgehead atoms. The van der Waals surface area contributed by atoms with Crippen molar-refractivity contribution in [2.75, 3.05) is 26.3 Å². The normalized spacial score (nSPS) is 17.3. The number of aromatic nitrogens is 1. The zero-order valence-electron chi connectivity index (χ0n) is 10.2. The summed E-state index contributed by atoms with van der Waals surface area (Å²) in [5, 5.41) is 1.06. The van der Waals surface area contributed by atoms with Gasteiger partial charge in [0.25, 0.3) is 0 Å². The van der Waals surface area contributed by atoms with Gasteiger partial charge in [0.2, 0.25) is 0 Å². The number of hydrogen-bond acceptors (Lipinski definition) is 2. The first kappa shape index (κ1) is 13.5. The van der Waals surface area contributed by atoms with Gasteiger partial charge in [0.15, 0.2) is 5.96 Å². The van der Waals surface area contributed by atoms with E-state index in [0.29, 0.717) is 35.9 Å². The van der Waals surface area contributed by atoms with E-state index in [-0.39, 0.29) is 0 Å². The van der Waals surface area contributed by atoms with E-state index in [9.17, 15) is 0 Å². The summed E-state index contributed by atoms with van der Waals surface area (Å²) in [4.78, 5) is 6.37. The molecule has 100 valence electrons. The minimum atomic E-state index is 0.464. The SMILES string of the molecule is Cn1c(CN=C(N)N2CCOCC2)cc(Cl)c1Cl. The summed E-state index contributed by atoms with van der Waals surface area (Å²) in [5.41, 5.74) is 6.87. The molecule has 1 aliphatic heterocycles. The van der Waals surface area contributed by atoms with Crippen LogP contribution in [0.3, 0.4) is 0 Å². The number of ether oxygens (including phenoxy) is 1. The Morgan fingerprint density at radius 2 is 2.11 bits per heavy atom. The van der Waals surface area contributed by atoms with Crippen molar-refractivity contribution < 1.29 is 4.74 Å². The van der Waals surface area contributed by atoms with Crippen molar-refractivity contribution in [3.05, 3.63) is 21.9 Å². The van der Waals surface area contributed by atoms with Crippen molar-refractivity contribution in [3.8, 4) is 0 Å². The van der Waals surface area contributed by atoms with Gasteiger partial charge in [-0.3, -0.25) is 0 Å². The topological polar surface area (TPSA) is 55.8 Å². The van der Waals surface area contributed by atoms with Crippen LogP contribution in [0.1, 0.15) is 5.69 Å². The average Bonchev–Trinajstić information content (AvgIpc) is 2.64. The molecule has 1 aromatic heterocycles. The Bertz CT molecular complexity index is 452. The van der Waals surface area contributed by atoms with E-state index in [1.807, 2.05) is 11.9 Å². The quantitative estimate of drug-likeness (QED) is 0.663. The van der Waals surface area contributed by atoms with E-state index in [1.54, 1.807) is 10.6 Å². The third-order valence-electron chi connectivity index (χ3n) is 2.95. The number of nitrogens with zero attached hydrogens (tertiary/aromatic N) is 3. The third kappa shape index (κ3) is 2.91. The van der Waals surface area contributed by atoms with E-state index in [2.05, 4.69) is 4.99 Å². The molecule has 0 saturated carbocycles. The number of nitrogens with two attached hydrogens (primary N) is 1. The lowest BCUT2D eigenvalue weighted by Crippen LogP contribution is -2.44. The fraction of sp³-hybridized carbons (Fsp3) is 0.545. The van der Waals surface area contributed by atoms with E-state index in [4.69, 9.17) is 33.7 Å². The van der Waals surface area contributed by atoms with Crippen molar-refractivity contribution in [2.45, 2.75) is 6.54 Å². The monoisotopic (exact) mass is 290 g/mol. The number of rotatable bonds is 2. The van der Waals surface area contributed by atoms with Crippen LogP contribution in [-0.2, 0) is 18.3 Å². The number of halogens is 2. The Balaban J connectivity index is 2.02. The Morgan fingerprint density at radius 1 is 1.44 bits per heavy atom. The highest BCUT2D eigenvalue weighted by molar-refractivity contribution is 6.41. The maximum Gasteiger partial charge on any atom is 0.191 e. The minimum Gasteiger partial charge on any atom is -0.378 e. The lowest BCUT2D eigenvalue weighted by Gasteiger charge is -2.27. The molecule has 1 aromatic rings. The fourth-order valence-corrected chi connectivity index (χ4v) is 2.21. The highest BCUT2D eigenvalue weighted by atomic mass is 35.5. The van der Waals surface area contributed by atoms with Crippen LogP contribution < -0.4 is 5.73 Å². The molecule has 1 fully saturated rings. The van der Waals surface area contributed by atoms with E-state index >= 15 is 0 Å². The van der Waals surface area contributed by atoms with Gasteiger partial charge in [-0.15, -0.1) is 0 Å². The lowest BCUT2D eigenvalue weighted by atomic mass is 10.4. The smallest absolute Gasteiger partial charge is 0.191 e. The molecule has 0 aliphatic carbocycles. The van der Waals surface area contributed by atoms with Crippen molar-refractivity contribution in [1.82, 2.24) is 9.47 Å². The molecule has 0 amide bonds. The van der Waals surface area contributed by atoms with Crippen molar-refractivity contribution >= 4 is 29.2 Å². The van der Waals surface area contributed by atoms with E-state index in [0.717, 1.165) is 18.8 Å². The van der Waals surface area contributed by atoms with E-state index < -0.39 is 0 Å². The molecule has 0 radical (unpaired) electrons. The first-order chi connectivity index (χ1) is 8.59. The second-order valence-electron chi connectivity index (χ2n) is 4.11. The second-order valence-corrected chi connectivity index (χ2v) is 4.87. The molecule has 0 spiro atoms. The van der Waals surface area contributed by atoms with Crippen LogP contribution in [0.15, 0.2) is 11.1 Å². The minimum absolute atomic E-state index is 0.464. The molecular weight excluding hydrogens is 275 g/mol. The van der Waals surface area contributed by atoms with Crippen LogP contribution in [0, 0.1) is 0 Å². The maximum atomic E-state index is 5.99. The van der Waals surface area contributed by atoms with Crippen molar-refractivity contribution in [3.63, 3.8) is 0 Å². The molecule has 0 atom stereocenters. The predicted octanol–water partition coefficient (Wildman–Crippen LogP) is 1.48. The summed E-state index contributed by atoms with van der Waals surface area (Å²) in [6.07, 6.45) is 0. The summed E-state index contributed by atoms with van der Waals surface area (Å²) in [6, 6.07) is 1.81. The Morgan fingerprint density at radius 3 is 2.67 bits per heavy atom. The van der Waals surface area contributed by atoms with Crippen molar-refractivity contribution in [2.24, 2.45) is 17.8 Å². The number of guanidine groups is 1. The lowest BCUT2D eigenvalue weighted by molar-refractivity contribution is 0.0674. The summed E-state index contributed by atoms with van der Waals surface area (Å²) >= 11 is 11.9. The maximum absolute atomic E-state index is 5.99. The van der Waals surface area contributed by atoms with Crippen LogP contribution in [0.4, 0.5) is 0 Å². The predicted molar refractivity (Wildman–Crippen MR) is 73.2 cm³/mol. The first-order valence-corrected chi connectivity index (χ1v) is 6.47. The molecule has 2 heterocycles. The second kappa shape index (κ2) is 5.82. The van der Waals surface area contributed by atoms with Gasteiger partial charge in [-0.2, -0.15) is 0 Å². The van der Waals surface area contributed by atoms with Crippen molar-refractivity contribution in [1.29, 1.82) is 0 Å². The van der Waals surface area contributed by atoms with Gasteiger partial charge in [-0.25, -0.2) is 4.99 Å². The zero-order chi connectivity index (χ0) is 13.1. The van der Waals surface area contributed by atoms with Gasteiger partial charge < -0.3 is 19.9 Å². The van der Waals surface area contributed by atoms with Gasteiger partial charge in [0, 0.05) is 25.8 Å². The molecular formula is C11H16Cl2N4O. The molecule has 7 heteroatoms. The Hall–Kier alpha value is -0.910. The van der Waals surface area contributed by atoms with Crippen LogP contribution in [0.25, 0.3) is 0 Å². The van der Waals surface area contributed by atoms with Gasteiger partial charge >= 0.3 is 0 Å². The fourth-order valence-electron chi connectivity index (χ4n) is 1.80. The summed E-state index contributed by atoms with van der Waals surface area (Å²) < 4.78 is 7.07. The van der Waals surface area contributed by atoms with Gasteiger partial charge in [-0.05, 0) is 6.07 Å². The summed E-state index contributed by atoms with van der Waals surface area (Å²) in [5.74, 6) is 0.534. The summed E-state index contributed by atoms with van der Waals surface area (Å²) in [7, 11) is 1.85. The Kier molecular flexibility index (Phi) is 4.37. The highest BCUT2D eigenvalue weighted by Crippen LogP contribution is 2.25. The van der Waals surface area contributed by atoms with Gasteiger partial charge in [-0.1, -0.05) is 23.2 Å². The molecule has 2 N–H and O–H groups in total. The molecule has 18 heavy (non-hydrogen) atoms. The molecule has 0 aromatic carbocycles. The third-order valence-corrected chi connectivity index (χ3v) is 3.80. The highest BCUT2D eigenvalue weighted by Gasteiger charge is 2.13. The van der Waals surface area contributed by atoms with Gasteiger partial charge in [0.1, 0.15) is 5.15 Å². The first-order valence-electron chi connectivity index (χ1n) is 5.72. The molecule has 5 nitrogen and oxygen atoms in total. The Labute approximate surface area is 116 Å². The number of aliphatic imine (C=N–C) groups is 1.